The minimum absolute atomic E-state index is 0. The van der Waals surface area contributed by atoms with E-state index in [1.807, 2.05) is 18.2 Å². The van der Waals surface area contributed by atoms with Gasteiger partial charge in [0, 0.05) is 29.8 Å². The van der Waals surface area contributed by atoms with Gasteiger partial charge in [-0.15, -0.1) is 12.4 Å². The molecule has 0 atom stereocenters. The molecule has 0 fully saturated rings. The average Bonchev–Trinajstić information content (AvgIpc) is 1.72. The Balaban J connectivity index is -0.0000000240. The van der Waals surface area contributed by atoms with Crippen molar-refractivity contribution < 1.29 is 33.8 Å². The van der Waals surface area contributed by atoms with Crippen LogP contribution in [-0.2, 0) is 17.4 Å². The van der Waals surface area contributed by atoms with Gasteiger partial charge in [0.1, 0.15) is 0 Å². The van der Waals surface area contributed by atoms with E-state index in [0.717, 1.165) is 0 Å². The molecule has 0 aliphatic rings. The molecule has 0 aliphatic carbocycles. The molecule has 1 aromatic rings. The van der Waals surface area contributed by atoms with Gasteiger partial charge in [-0.1, -0.05) is 6.07 Å². The van der Waals surface area contributed by atoms with E-state index in [2.05, 4.69) is 4.98 Å². The van der Waals surface area contributed by atoms with E-state index in [1.165, 1.54) is 0 Å². The minimum Gasteiger partial charge on any atom is -0.870 e. The first kappa shape index (κ1) is 30.8. The fourth-order valence-electron chi connectivity index (χ4n) is 0.313. The van der Waals surface area contributed by atoms with Crippen molar-refractivity contribution in [3.63, 3.8) is 0 Å². The summed E-state index contributed by atoms with van der Waals surface area (Å²) in [5.41, 5.74) is 0. The smallest absolute Gasteiger partial charge is 0.0267 e. The second-order valence-electron chi connectivity index (χ2n) is 1.02. The summed E-state index contributed by atoms with van der Waals surface area (Å²) in [5, 5.41) is 0. The van der Waals surface area contributed by atoms with Crippen molar-refractivity contribution in [1.29, 1.82) is 0 Å². The molecule has 11 heavy (non-hydrogen) atoms. The zero-order valence-electron chi connectivity index (χ0n) is 5.60. The van der Waals surface area contributed by atoms with Crippen LogP contribution in [0.15, 0.2) is 30.6 Å². The topological polar surface area (TPSA) is 106 Å². The first-order chi connectivity index (χ1) is 3.00. The van der Waals surface area contributed by atoms with Gasteiger partial charge in [0.15, 0.2) is 0 Å². The Hall–Kier alpha value is -0.148. The molecule has 0 amide bonds. The van der Waals surface area contributed by atoms with Crippen LogP contribution in [0.4, 0.5) is 0 Å². The molecule has 0 saturated carbocycles. The molecule has 6 heteroatoms. The number of rotatable bonds is 0. The molecule has 0 spiro atoms. The molecule has 0 aliphatic heterocycles. The molecule has 4 nitrogen and oxygen atoms in total. The zero-order chi connectivity index (χ0) is 4.24. The number of hydrogen-bond acceptors (Lipinski definition) is 2. The second-order valence-corrected chi connectivity index (χ2v) is 1.02. The van der Waals surface area contributed by atoms with E-state index in [4.69, 9.17) is 0 Å². The summed E-state index contributed by atoms with van der Waals surface area (Å²) in [6.45, 7) is 0. The van der Waals surface area contributed by atoms with Gasteiger partial charge in [0.2, 0.25) is 0 Å². The fraction of sp³-hybridized carbons (Fsp3) is 0. The second kappa shape index (κ2) is 22.5. The third-order valence-corrected chi connectivity index (χ3v) is 0.566. The Morgan fingerprint density at radius 1 is 0.818 bits per heavy atom. The third-order valence-electron chi connectivity index (χ3n) is 0.566. The van der Waals surface area contributed by atoms with E-state index < -0.39 is 0 Å². The largest absolute Gasteiger partial charge is 0.870 e. The molecule has 68 valence electrons. The van der Waals surface area contributed by atoms with Crippen molar-refractivity contribution in [2.24, 2.45) is 0 Å². The predicted molar refractivity (Wildman–Crippen MR) is 40.6 cm³/mol. The van der Waals surface area contributed by atoms with Gasteiger partial charge in [-0.2, -0.15) is 0 Å². The van der Waals surface area contributed by atoms with Gasteiger partial charge in [-0.25, -0.2) is 0 Å². The molecule has 5 N–H and O–H groups in total. The number of halogens is 1. The van der Waals surface area contributed by atoms with Gasteiger partial charge in [0.25, 0.3) is 0 Å². The molecular weight excluding hydrogens is 210 g/mol. The normalized spacial score (nSPS) is 4.36. The quantitative estimate of drug-likeness (QED) is 0.597. The van der Waals surface area contributed by atoms with Gasteiger partial charge >= 0.3 is 0 Å². The fourth-order valence-corrected chi connectivity index (χ4v) is 0.313. The van der Waals surface area contributed by atoms with Crippen LogP contribution in [-0.4, -0.2) is 21.4 Å². The summed E-state index contributed by atoms with van der Waals surface area (Å²) in [4.78, 5) is 3.78. The molecule has 0 aromatic carbocycles. The van der Waals surface area contributed by atoms with Crippen LogP contribution < -0.4 is 0 Å². The summed E-state index contributed by atoms with van der Waals surface area (Å²) in [6, 6.07) is 5.72. The summed E-state index contributed by atoms with van der Waals surface area (Å²) in [5.74, 6) is 0. The summed E-state index contributed by atoms with van der Waals surface area (Å²) >= 11 is 0. The summed E-state index contributed by atoms with van der Waals surface area (Å²) < 4.78 is 0. The van der Waals surface area contributed by atoms with Crippen molar-refractivity contribution in [3.8, 4) is 0 Å². The SMILES string of the molecule is Cl.O.O.[Cr].[OH-].c1ccncc1. The Kier molecular flexibility index (Phi) is 63.0. The first-order valence-corrected chi connectivity index (χ1v) is 1.85. The molecule has 0 saturated heterocycles. The van der Waals surface area contributed by atoms with E-state index in [-0.39, 0.29) is 46.2 Å². The van der Waals surface area contributed by atoms with Crippen LogP contribution in [0.25, 0.3) is 0 Å². The van der Waals surface area contributed by atoms with Crippen molar-refractivity contribution in [2.75, 3.05) is 0 Å². The van der Waals surface area contributed by atoms with Gasteiger partial charge < -0.3 is 16.4 Å². The molecule has 1 rings (SSSR count). The van der Waals surface area contributed by atoms with Crippen LogP contribution in [0, 0.1) is 0 Å². The van der Waals surface area contributed by atoms with E-state index in [1.54, 1.807) is 12.4 Å². The Morgan fingerprint density at radius 3 is 1.27 bits per heavy atom. The van der Waals surface area contributed by atoms with Crippen molar-refractivity contribution in [3.05, 3.63) is 30.6 Å². The average molecular weight is 221 g/mol. The Morgan fingerprint density at radius 2 is 1.18 bits per heavy atom. The minimum atomic E-state index is 0. The first-order valence-electron chi connectivity index (χ1n) is 1.85. The maximum atomic E-state index is 3.78. The summed E-state index contributed by atoms with van der Waals surface area (Å²) in [6.07, 6.45) is 3.50. The molecule has 0 radical (unpaired) electrons. The number of pyridine rings is 1. The van der Waals surface area contributed by atoms with E-state index in [0.29, 0.717) is 0 Å². The van der Waals surface area contributed by atoms with Crippen molar-refractivity contribution in [1.82, 2.24) is 4.98 Å². The van der Waals surface area contributed by atoms with Crippen LogP contribution in [0.3, 0.4) is 0 Å². The summed E-state index contributed by atoms with van der Waals surface area (Å²) in [7, 11) is 0. The monoisotopic (exact) mass is 220 g/mol. The molecule has 1 heterocycles. The molecule has 0 unspecified atom stereocenters. The van der Waals surface area contributed by atoms with E-state index in [9.17, 15) is 0 Å². The number of aromatic nitrogens is 1. The molecular formula is C5H11ClCrNO3-. The van der Waals surface area contributed by atoms with Crippen LogP contribution in [0.2, 0.25) is 0 Å². The predicted octanol–water partition coefficient (Wildman–Crippen LogP) is -0.325. The van der Waals surface area contributed by atoms with Crippen molar-refractivity contribution in [2.45, 2.75) is 0 Å². The van der Waals surface area contributed by atoms with E-state index >= 15 is 0 Å². The maximum absolute atomic E-state index is 3.78. The third kappa shape index (κ3) is 17.7. The van der Waals surface area contributed by atoms with Gasteiger partial charge in [-0.05, 0) is 12.1 Å². The van der Waals surface area contributed by atoms with Crippen LogP contribution in [0.5, 0.6) is 0 Å². The Bertz CT molecular complexity index is 93.7. The molecule has 0 bridgehead atoms. The number of nitrogens with zero attached hydrogens (tertiary/aromatic N) is 1. The van der Waals surface area contributed by atoms with Crippen molar-refractivity contribution >= 4 is 12.4 Å². The van der Waals surface area contributed by atoms with Gasteiger partial charge in [0.05, 0.1) is 0 Å². The van der Waals surface area contributed by atoms with Crippen LogP contribution in [0.1, 0.15) is 0 Å². The van der Waals surface area contributed by atoms with Gasteiger partial charge in [-0.3, -0.25) is 4.98 Å². The Labute approximate surface area is 82.1 Å². The zero-order valence-corrected chi connectivity index (χ0v) is 7.69. The van der Waals surface area contributed by atoms with Crippen LogP contribution >= 0.6 is 12.4 Å². The molecule has 1 aromatic heterocycles. The number of hydrogen-bond donors (Lipinski definition) is 0. The maximum Gasteiger partial charge on any atom is 0.0267 e. The standard InChI is InChI=1S/C5H5N.ClH.Cr.3H2O/c1-2-4-6-5-3-1;;;;;/h1-5H;1H;;3*1H2/p-1.